The molecule has 0 fully saturated rings. The molecule has 0 aliphatic rings. The van der Waals surface area contributed by atoms with Gasteiger partial charge < -0.3 is 20.2 Å². The van der Waals surface area contributed by atoms with Crippen molar-refractivity contribution in [1.82, 2.24) is 19.5 Å². The van der Waals surface area contributed by atoms with Crippen LogP contribution in [-0.2, 0) is 6.54 Å². The Bertz CT molecular complexity index is 1240. The minimum absolute atomic E-state index is 0.0160. The third-order valence-electron chi connectivity index (χ3n) is 5.30. The highest BCUT2D eigenvalue weighted by Crippen LogP contribution is 2.21. The molecule has 0 amide bonds. The number of imidazole rings is 1. The molecule has 0 bridgehead atoms. The van der Waals surface area contributed by atoms with Crippen molar-refractivity contribution in [2.45, 2.75) is 39.8 Å². The molecule has 4 rings (SSSR count). The average molecular weight is 405 g/mol. The molecule has 0 saturated carbocycles. The van der Waals surface area contributed by atoms with Gasteiger partial charge >= 0.3 is 0 Å². The zero-order chi connectivity index (χ0) is 21.3. The lowest BCUT2D eigenvalue weighted by Crippen LogP contribution is -2.36. The lowest BCUT2D eigenvalue weighted by molar-refractivity contribution is 0.658. The predicted octanol–water partition coefficient (Wildman–Crippen LogP) is 3.19. The lowest BCUT2D eigenvalue weighted by Gasteiger charge is -2.23. The number of fused-ring (bicyclic) bond motifs is 2. The first-order valence-electron chi connectivity index (χ1n) is 10.4. The monoisotopic (exact) mass is 404 g/mol. The molecule has 0 radical (unpaired) electrons. The van der Waals surface area contributed by atoms with Crippen LogP contribution in [0.2, 0.25) is 0 Å². The Labute approximate surface area is 175 Å². The molecule has 7 heteroatoms. The van der Waals surface area contributed by atoms with Gasteiger partial charge in [0.1, 0.15) is 5.52 Å². The van der Waals surface area contributed by atoms with Gasteiger partial charge in [0.05, 0.1) is 17.8 Å². The molecule has 3 heterocycles. The number of aromatic amines is 1. The second-order valence-corrected chi connectivity index (χ2v) is 7.93. The van der Waals surface area contributed by atoms with Gasteiger partial charge in [-0.25, -0.2) is 4.98 Å². The quantitative estimate of drug-likeness (QED) is 0.493. The summed E-state index contributed by atoms with van der Waals surface area (Å²) in [6, 6.07) is 10.1. The minimum Gasteiger partial charge on any atom is -0.341 e. The number of pyridine rings is 2. The fourth-order valence-corrected chi connectivity index (χ4v) is 3.88. The van der Waals surface area contributed by atoms with Crippen LogP contribution in [0.1, 0.15) is 31.5 Å². The maximum Gasteiger partial charge on any atom is 0.276 e. The Hall–Kier alpha value is -3.19. The van der Waals surface area contributed by atoms with Gasteiger partial charge in [0, 0.05) is 36.9 Å². The lowest BCUT2D eigenvalue weighted by atomic mass is 10.1. The molecule has 0 saturated heterocycles. The number of hydrogen-bond acceptors (Lipinski definition) is 5. The van der Waals surface area contributed by atoms with Crippen LogP contribution in [-0.4, -0.2) is 38.7 Å². The number of aromatic nitrogens is 4. The highest BCUT2D eigenvalue weighted by Gasteiger charge is 2.15. The van der Waals surface area contributed by atoms with E-state index in [1.165, 1.54) is 0 Å². The number of H-pyrrole nitrogens is 1. The van der Waals surface area contributed by atoms with Crippen LogP contribution >= 0.6 is 0 Å². The second-order valence-electron chi connectivity index (χ2n) is 7.93. The molecule has 7 nitrogen and oxygen atoms in total. The van der Waals surface area contributed by atoms with E-state index in [0.29, 0.717) is 30.1 Å². The first-order valence-corrected chi connectivity index (χ1v) is 10.4. The fraction of sp³-hybridized carbons (Fsp3) is 0.348. The predicted molar refractivity (Wildman–Crippen MR) is 122 cm³/mol. The number of aryl methyl sites for hydroxylation is 1. The van der Waals surface area contributed by atoms with Gasteiger partial charge in [-0.3, -0.25) is 9.78 Å². The third kappa shape index (κ3) is 3.80. The van der Waals surface area contributed by atoms with Gasteiger partial charge in [-0.2, -0.15) is 0 Å². The van der Waals surface area contributed by atoms with Gasteiger partial charge in [-0.1, -0.05) is 31.2 Å². The van der Waals surface area contributed by atoms with E-state index in [4.69, 9.17) is 5.73 Å². The molecule has 0 aliphatic carbocycles. The van der Waals surface area contributed by atoms with Crippen LogP contribution in [0.4, 0.5) is 5.95 Å². The van der Waals surface area contributed by atoms with Gasteiger partial charge in [-0.05, 0) is 37.3 Å². The number of hydrogen-bond donors (Lipinski definition) is 2. The van der Waals surface area contributed by atoms with Gasteiger partial charge in [0.25, 0.3) is 5.56 Å². The molecule has 156 valence electrons. The molecular formula is C23H28N6O. The van der Waals surface area contributed by atoms with Crippen molar-refractivity contribution in [3.05, 3.63) is 64.3 Å². The van der Waals surface area contributed by atoms with Gasteiger partial charge in [0.2, 0.25) is 5.95 Å². The molecule has 4 aromatic rings. The van der Waals surface area contributed by atoms with E-state index in [9.17, 15) is 4.79 Å². The van der Waals surface area contributed by atoms with Crippen LogP contribution < -0.4 is 16.2 Å². The van der Waals surface area contributed by atoms with Crippen molar-refractivity contribution in [2.24, 2.45) is 5.73 Å². The van der Waals surface area contributed by atoms with Crippen molar-refractivity contribution in [1.29, 1.82) is 0 Å². The molecule has 1 atom stereocenters. The van der Waals surface area contributed by atoms with E-state index in [1.54, 1.807) is 10.8 Å². The normalized spacial score (nSPS) is 12.5. The molecule has 3 aromatic heterocycles. The molecule has 3 N–H and O–H groups in total. The molecular weight excluding hydrogens is 376 g/mol. The topological polar surface area (TPSA) is 92.8 Å². The summed E-state index contributed by atoms with van der Waals surface area (Å²) in [6.07, 6.45) is 4.63. The summed E-state index contributed by atoms with van der Waals surface area (Å²) in [7, 11) is 0. The Morgan fingerprint density at radius 2 is 2.00 bits per heavy atom. The number of nitrogens with two attached hydrogens (primary N) is 1. The van der Waals surface area contributed by atoms with E-state index in [1.807, 2.05) is 38.2 Å². The van der Waals surface area contributed by atoms with E-state index in [2.05, 4.69) is 38.9 Å². The summed E-state index contributed by atoms with van der Waals surface area (Å²) in [5.41, 5.74) is 9.07. The smallest absolute Gasteiger partial charge is 0.276 e. The summed E-state index contributed by atoms with van der Waals surface area (Å²) in [6.45, 7) is 8.05. The summed E-state index contributed by atoms with van der Waals surface area (Å²) in [5, 5.41) is 2.23. The molecule has 30 heavy (non-hydrogen) atoms. The third-order valence-corrected chi connectivity index (χ3v) is 5.30. The van der Waals surface area contributed by atoms with Crippen LogP contribution in [0.15, 0.2) is 47.5 Å². The van der Waals surface area contributed by atoms with E-state index >= 15 is 0 Å². The zero-order valence-electron chi connectivity index (χ0n) is 17.7. The van der Waals surface area contributed by atoms with Gasteiger partial charge in [-0.15, -0.1) is 0 Å². The summed E-state index contributed by atoms with van der Waals surface area (Å²) in [5.74, 6) is 0.693. The Morgan fingerprint density at radius 1 is 1.23 bits per heavy atom. The summed E-state index contributed by atoms with van der Waals surface area (Å²) < 4.78 is 1.68. The van der Waals surface area contributed by atoms with E-state index in [-0.39, 0.29) is 11.6 Å². The zero-order valence-corrected chi connectivity index (χ0v) is 17.7. The first-order chi connectivity index (χ1) is 14.5. The van der Waals surface area contributed by atoms with Crippen LogP contribution in [0, 0.1) is 6.92 Å². The Kier molecular flexibility index (Phi) is 5.55. The SMILES string of the molecule is CCCN(CC(C)N)c1nc2ccn(Cc3ncc(C)c4ccccc34)c(=O)c2[nH]1. The number of benzene rings is 1. The summed E-state index contributed by atoms with van der Waals surface area (Å²) >= 11 is 0. The van der Waals surface area contributed by atoms with E-state index < -0.39 is 0 Å². The maximum atomic E-state index is 13.2. The minimum atomic E-state index is -0.102. The second kappa shape index (κ2) is 8.28. The average Bonchev–Trinajstić information content (AvgIpc) is 3.17. The van der Waals surface area contributed by atoms with E-state index in [0.717, 1.165) is 35.0 Å². The Morgan fingerprint density at radius 3 is 2.73 bits per heavy atom. The number of rotatable bonds is 7. The first kappa shape index (κ1) is 20.1. The Balaban J connectivity index is 1.73. The number of nitrogens with one attached hydrogen (secondary N) is 1. The highest BCUT2D eigenvalue weighted by atomic mass is 16.1. The molecule has 0 aliphatic heterocycles. The number of nitrogens with zero attached hydrogens (tertiary/aromatic N) is 4. The van der Waals surface area contributed by atoms with Crippen molar-refractivity contribution in [2.75, 3.05) is 18.0 Å². The van der Waals surface area contributed by atoms with Crippen molar-refractivity contribution in [3.63, 3.8) is 0 Å². The standard InChI is InChI=1S/C23H28N6O/c1-4-10-29(13-16(3)24)23-26-19-9-11-28(22(30)21(19)27-23)14-20-18-8-6-5-7-17(18)15(2)12-25-20/h5-9,11-12,16H,4,10,13-14,24H2,1-3H3,(H,26,27). The summed E-state index contributed by atoms with van der Waals surface area (Å²) in [4.78, 5) is 27.8. The highest BCUT2D eigenvalue weighted by molar-refractivity contribution is 5.87. The largest absolute Gasteiger partial charge is 0.341 e. The fourth-order valence-electron chi connectivity index (χ4n) is 3.88. The molecule has 0 spiro atoms. The van der Waals surface area contributed by atoms with Crippen LogP contribution in [0.25, 0.3) is 21.8 Å². The molecule has 1 unspecified atom stereocenters. The van der Waals surface area contributed by atoms with Crippen LogP contribution in [0.3, 0.4) is 0 Å². The van der Waals surface area contributed by atoms with Crippen molar-refractivity contribution in [3.8, 4) is 0 Å². The van der Waals surface area contributed by atoms with Crippen molar-refractivity contribution < 1.29 is 0 Å². The van der Waals surface area contributed by atoms with Crippen LogP contribution in [0.5, 0.6) is 0 Å². The molecule has 1 aromatic carbocycles. The maximum absolute atomic E-state index is 13.2. The number of anilines is 1. The van der Waals surface area contributed by atoms with Gasteiger partial charge in [0.15, 0.2) is 0 Å². The van der Waals surface area contributed by atoms with Crippen molar-refractivity contribution >= 4 is 27.8 Å².